The summed E-state index contributed by atoms with van der Waals surface area (Å²) in [5.74, 6) is 0.611. The molecule has 0 aromatic heterocycles. The monoisotopic (exact) mass is 496 g/mol. The highest BCUT2D eigenvalue weighted by Crippen LogP contribution is 2.30. The molecule has 0 aliphatic carbocycles. The lowest BCUT2D eigenvalue weighted by molar-refractivity contribution is 0.199. The summed E-state index contributed by atoms with van der Waals surface area (Å²) in [6.45, 7) is 3.47. The summed E-state index contributed by atoms with van der Waals surface area (Å²) in [6, 6.07) is 27.2. The molecule has 1 heterocycles. The molecule has 1 saturated heterocycles. The molecule has 4 rings (SSSR count). The zero-order valence-corrected chi connectivity index (χ0v) is 21.3. The van der Waals surface area contributed by atoms with Gasteiger partial charge in [-0.25, -0.2) is 12.7 Å². The predicted octanol–water partition coefficient (Wildman–Crippen LogP) is 6.01. The van der Waals surface area contributed by atoms with E-state index in [1.54, 1.807) is 31.3 Å². The third kappa shape index (κ3) is 6.28. The Morgan fingerprint density at radius 1 is 1.00 bits per heavy atom. The topological polar surface area (TPSA) is 40.6 Å². The largest absolute Gasteiger partial charge is 0.303 e. The average molecular weight is 497 g/mol. The van der Waals surface area contributed by atoms with Crippen molar-refractivity contribution in [3.63, 3.8) is 0 Å². The molecule has 180 valence electrons. The lowest BCUT2D eigenvalue weighted by Gasteiger charge is -2.34. The summed E-state index contributed by atoms with van der Waals surface area (Å²) in [6.07, 6.45) is 3.27. The molecule has 34 heavy (non-hydrogen) atoms. The summed E-state index contributed by atoms with van der Waals surface area (Å²) >= 11 is 6.30. The van der Waals surface area contributed by atoms with Gasteiger partial charge in [-0.15, -0.1) is 0 Å². The lowest BCUT2D eigenvalue weighted by atomic mass is 9.90. The molecule has 2 unspecified atom stereocenters. The van der Waals surface area contributed by atoms with E-state index in [4.69, 9.17) is 11.6 Å². The van der Waals surface area contributed by atoms with Gasteiger partial charge in [0.1, 0.15) is 0 Å². The molecule has 1 aliphatic heterocycles. The molecule has 0 saturated carbocycles. The maximum atomic E-state index is 13.2. The number of hydrogen-bond acceptors (Lipinski definition) is 3. The number of benzene rings is 3. The van der Waals surface area contributed by atoms with Crippen molar-refractivity contribution in [3.8, 4) is 0 Å². The van der Waals surface area contributed by atoms with Gasteiger partial charge < -0.3 is 4.90 Å². The van der Waals surface area contributed by atoms with Gasteiger partial charge in [0.2, 0.25) is 10.0 Å². The Bertz CT molecular complexity index is 1160. The SMILES string of the molecule is CN(CC(CCN1CCCC(c2ccccc2)C1)c1cccc(Cl)c1)S(=O)(=O)c1ccccc1. The quantitative estimate of drug-likeness (QED) is 0.364. The van der Waals surface area contributed by atoms with E-state index in [2.05, 4.69) is 41.3 Å². The fraction of sp³-hybridized carbons (Fsp3) is 0.357. The van der Waals surface area contributed by atoms with E-state index in [-0.39, 0.29) is 5.92 Å². The highest BCUT2D eigenvalue weighted by Gasteiger charge is 2.26. The fourth-order valence-corrected chi connectivity index (χ4v) is 6.33. The van der Waals surface area contributed by atoms with Crippen molar-refractivity contribution < 1.29 is 8.42 Å². The molecular weight excluding hydrogens is 464 g/mol. The molecule has 1 fully saturated rings. The number of piperidine rings is 1. The van der Waals surface area contributed by atoms with E-state index in [1.807, 2.05) is 24.3 Å². The van der Waals surface area contributed by atoms with Crippen molar-refractivity contribution in [1.29, 1.82) is 0 Å². The first kappa shape index (κ1) is 24.9. The molecule has 3 aromatic carbocycles. The Hall–Kier alpha value is -2.18. The second-order valence-electron chi connectivity index (χ2n) is 9.19. The van der Waals surface area contributed by atoms with E-state index in [1.165, 1.54) is 22.7 Å². The van der Waals surface area contributed by atoms with Gasteiger partial charge in [-0.2, -0.15) is 0 Å². The van der Waals surface area contributed by atoms with Crippen LogP contribution in [0.25, 0.3) is 0 Å². The highest BCUT2D eigenvalue weighted by atomic mass is 35.5. The number of sulfonamides is 1. The molecule has 0 radical (unpaired) electrons. The molecule has 2 atom stereocenters. The minimum Gasteiger partial charge on any atom is -0.303 e. The van der Waals surface area contributed by atoms with Crippen LogP contribution >= 0.6 is 11.6 Å². The van der Waals surface area contributed by atoms with Gasteiger partial charge in [0.25, 0.3) is 0 Å². The third-order valence-electron chi connectivity index (χ3n) is 6.82. The van der Waals surface area contributed by atoms with Gasteiger partial charge in [0.15, 0.2) is 0 Å². The van der Waals surface area contributed by atoms with Crippen molar-refractivity contribution in [3.05, 3.63) is 101 Å². The minimum atomic E-state index is -3.55. The molecular formula is C28H33ClN2O2S. The molecule has 0 N–H and O–H groups in total. The maximum absolute atomic E-state index is 13.2. The van der Waals surface area contributed by atoms with E-state index >= 15 is 0 Å². The Balaban J connectivity index is 1.47. The second-order valence-corrected chi connectivity index (χ2v) is 11.7. The molecule has 0 spiro atoms. The van der Waals surface area contributed by atoms with Crippen LogP contribution < -0.4 is 0 Å². The van der Waals surface area contributed by atoms with Crippen LogP contribution in [0.5, 0.6) is 0 Å². The third-order valence-corrected chi connectivity index (χ3v) is 8.89. The van der Waals surface area contributed by atoms with E-state index in [0.717, 1.165) is 31.6 Å². The summed E-state index contributed by atoms with van der Waals surface area (Å²) in [5, 5.41) is 0.679. The van der Waals surface area contributed by atoms with Crippen LogP contribution in [0.3, 0.4) is 0 Å². The number of hydrogen-bond donors (Lipinski definition) is 0. The normalized spacial score (nSPS) is 18.1. The fourth-order valence-electron chi connectivity index (χ4n) is 4.90. The second kappa shape index (κ2) is 11.5. The van der Waals surface area contributed by atoms with Crippen molar-refractivity contribution in [2.24, 2.45) is 0 Å². The summed E-state index contributed by atoms with van der Waals surface area (Å²) in [5.41, 5.74) is 2.49. The van der Waals surface area contributed by atoms with Crippen LogP contribution in [0.1, 0.15) is 42.2 Å². The van der Waals surface area contributed by atoms with Gasteiger partial charge in [-0.3, -0.25) is 0 Å². The van der Waals surface area contributed by atoms with Crippen LogP contribution in [-0.4, -0.2) is 50.8 Å². The first-order valence-electron chi connectivity index (χ1n) is 12.0. The number of likely N-dealkylation sites (tertiary alicyclic amines) is 1. The van der Waals surface area contributed by atoms with Crippen LogP contribution in [0.15, 0.2) is 89.8 Å². The zero-order valence-electron chi connectivity index (χ0n) is 19.7. The molecule has 0 amide bonds. The first-order chi connectivity index (χ1) is 16.4. The Labute approximate surface area is 209 Å². The van der Waals surface area contributed by atoms with Crippen molar-refractivity contribution in [2.45, 2.75) is 36.0 Å². The predicted molar refractivity (Wildman–Crippen MR) is 140 cm³/mol. The average Bonchev–Trinajstić information content (AvgIpc) is 2.87. The zero-order chi connectivity index (χ0) is 24.0. The van der Waals surface area contributed by atoms with E-state index in [0.29, 0.717) is 22.4 Å². The van der Waals surface area contributed by atoms with Crippen LogP contribution in [0, 0.1) is 0 Å². The number of halogens is 1. The summed E-state index contributed by atoms with van der Waals surface area (Å²) in [4.78, 5) is 2.86. The van der Waals surface area contributed by atoms with E-state index < -0.39 is 10.0 Å². The number of nitrogens with zero attached hydrogens (tertiary/aromatic N) is 2. The lowest BCUT2D eigenvalue weighted by Crippen LogP contribution is -2.37. The van der Waals surface area contributed by atoms with Crippen molar-refractivity contribution in [2.75, 3.05) is 33.2 Å². The standard InChI is InChI=1S/C28H33ClN2O2S/c1-30(34(32,33)28-15-6-3-7-16-28)21-26(24-12-8-14-27(29)20-24)17-19-31-18-9-13-25(22-31)23-10-4-2-5-11-23/h2-8,10-12,14-16,20,25-26H,9,13,17-19,21-22H2,1H3. The van der Waals surface area contributed by atoms with Gasteiger partial charge in [0.05, 0.1) is 4.90 Å². The number of likely N-dealkylation sites (N-methyl/N-ethyl adjacent to an activating group) is 1. The van der Waals surface area contributed by atoms with Gasteiger partial charge in [-0.1, -0.05) is 72.3 Å². The van der Waals surface area contributed by atoms with Gasteiger partial charge in [0, 0.05) is 25.2 Å². The molecule has 4 nitrogen and oxygen atoms in total. The smallest absolute Gasteiger partial charge is 0.242 e. The molecule has 1 aliphatic rings. The Morgan fingerprint density at radius 2 is 1.71 bits per heavy atom. The minimum absolute atomic E-state index is 0.0549. The van der Waals surface area contributed by atoms with Gasteiger partial charge >= 0.3 is 0 Å². The first-order valence-corrected chi connectivity index (χ1v) is 13.8. The highest BCUT2D eigenvalue weighted by molar-refractivity contribution is 7.89. The number of rotatable bonds is 9. The van der Waals surface area contributed by atoms with Crippen molar-refractivity contribution >= 4 is 21.6 Å². The Kier molecular flexibility index (Phi) is 8.43. The van der Waals surface area contributed by atoms with Crippen molar-refractivity contribution in [1.82, 2.24) is 9.21 Å². The molecule has 0 bridgehead atoms. The maximum Gasteiger partial charge on any atom is 0.242 e. The Morgan fingerprint density at radius 3 is 2.41 bits per heavy atom. The molecule has 3 aromatic rings. The van der Waals surface area contributed by atoms with Crippen LogP contribution in [0.2, 0.25) is 5.02 Å². The van der Waals surface area contributed by atoms with Gasteiger partial charge in [-0.05, 0) is 79.6 Å². The summed E-state index contributed by atoms with van der Waals surface area (Å²) in [7, 11) is -1.88. The molecule has 6 heteroatoms. The van der Waals surface area contributed by atoms with E-state index in [9.17, 15) is 8.42 Å². The summed E-state index contributed by atoms with van der Waals surface area (Å²) < 4.78 is 27.8. The van der Waals surface area contributed by atoms with Crippen LogP contribution in [0.4, 0.5) is 0 Å². The van der Waals surface area contributed by atoms with Crippen LogP contribution in [-0.2, 0) is 10.0 Å².